The molecule has 0 aliphatic heterocycles. The second-order valence-electron chi connectivity index (χ2n) is 4.09. The summed E-state index contributed by atoms with van der Waals surface area (Å²) in [6, 6.07) is 13.4. The summed E-state index contributed by atoms with van der Waals surface area (Å²) in [4.78, 5) is 0. The van der Waals surface area contributed by atoms with Gasteiger partial charge < -0.3 is 4.74 Å². The molecule has 2 aromatic carbocycles. The first-order chi connectivity index (χ1) is 9.11. The van der Waals surface area contributed by atoms with Crippen LogP contribution in [0.1, 0.15) is 16.7 Å². The van der Waals surface area contributed by atoms with Crippen LogP contribution < -0.4 is 4.74 Å². The minimum atomic E-state index is 0.418. The molecule has 0 saturated carbocycles. The Morgan fingerprint density at radius 1 is 1.32 bits per heavy atom. The number of aryl methyl sites for hydroxylation is 1. The van der Waals surface area contributed by atoms with Gasteiger partial charge in [0.1, 0.15) is 12.7 Å². The molecule has 0 atom stereocenters. The maximum Gasteiger partial charge on any atom is 0.151 e. The van der Waals surface area contributed by atoms with Crippen LogP contribution in [0.4, 0.5) is 0 Å². The summed E-state index contributed by atoms with van der Waals surface area (Å²) >= 11 is 9.28. The molecule has 0 unspecified atom stereocenters. The average Bonchev–Trinajstić information content (AvgIpc) is 2.38. The van der Waals surface area contributed by atoms with E-state index in [-0.39, 0.29) is 0 Å². The van der Waals surface area contributed by atoms with Crippen LogP contribution >= 0.6 is 27.5 Å². The number of hydrogen-bond acceptors (Lipinski definition) is 2. The fourth-order valence-electron chi connectivity index (χ4n) is 1.71. The number of nitrogens with zero attached hydrogens (tertiary/aromatic N) is 1. The SMILES string of the molecule is Cc1ccccc1COc1c(Br)cc(Cl)cc1C#N. The lowest BCUT2D eigenvalue weighted by Gasteiger charge is -2.11. The van der Waals surface area contributed by atoms with Gasteiger partial charge in [0.05, 0.1) is 10.0 Å². The van der Waals surface area contributed by atoms with E-state index in [1.165, 1.54) is 0 Å². The van der Waals surface area contributed by atoms with Crippen molar-refractivity contribution in [1.82, 2.24) is 0 Å². The van der Waals surface area contributed by atoms with E-state index < -0.39 is 0 Å². The van der Waals surface area contributed by atoms with Gasteiger partial charge in [0.25, 0.3) is 0 Å². The summed E-state index contributed by atoms with van der Waals surface area (Å²) in [5, 5.41) is 9.62. The summed E-state index contributed by atoms with van der Waals surface area (Å²) < 4.78 is 6.44. The first kappa shape index (κ1) is 13.9. The molecule has 0 fully saturated rings. The minimum absolute atomic E-state index is 0.418. The standard InChI is InChI=1S/C15H11BrClNO/c1-10-4-2-3-5-11(10)9-19-15-12(8-18)6-13(17)7-14(15)16/h2-7H,9H2,1H3. The molecule has 0 amide bonds. The molecule has 0 bridgehead atoms. The van der Waals surface area contributed by atoms with Crippen LogP contribution in [-0.4, -0.2) is 0 Å². The lowest BCUT2D eigenvalue weighted by atomic mass is 10.1. The van der Waals surface area contributed by atoms with Gasteiger partial charge in [0.2, 0.25) is 0 Å². The van der Waals surface area contributed by atoms with E-state index in [0.717, 1.165) is 11.1 Å². The largest absolute Gasteiger partial charge is 0.486 e. The smallest absolute Gasteiger partial charge is 0.151 e. The van der Waals surface area contributed by atoms with Crippen LogP contribution in [0.3, 0.4) is 0 Å². The Balaban J connectivity index is 2.26. The second-order valence-corrected chi connectivity index (χ2v) is 5.38. The number of halogens is 2. The van der Waals surface area contributed by atoms with Crippen molar-refractivity contribution in [1.29, 1.82) is 5.26 Å². The molecule has 0 spiro atoms. The highest BCUT2D eigenvalue weighted by Gasteiger charge is 2.10. The first-order valence-electron chi connectivity index (χ1n) is 5.68. The zero-order valence-electron chi connectivity index (χ0n) is 10.3. The van der Waals surface area contributed by atoms with E-state index in [4.69, 9.17) is 21.6 Å². The molecule has 2 nitrogen and oxygen atoms in total. The number of hydrogen-bond donors (Lipinski definition) is 0. The Bertz CT molecular complexity index is 649. The van der Waals surface area contributed by atoms with E-state index >= 15 is 0 Å². The summed E-state index contributed by atoms with van der Waals surface area (Å²) in [6.45, 7) is 2.45. The van der Waals surface area contributed by atoms with Gasteiger partial charge in [0.15, 0.2) is 5.75 Å². The van der Waals surface area contributed by atoms with Gasteiger partial charge in [-0.1, -0.05) is 35.9 Å². The van der Waals surface area contributed by atoms with Crippen LogP contribution in [0.25, 0.3) is 0 Å². The fraction of sp³-hybridized carbons (Fsp3) is 0.133. The van der Waals surface area contributed by atoms with Crippen molar-refractivity contribution in [2.24, 2.45) is 0 Å². The van der Waals surface area contributed by atoms with Crippen LogP contribution in [0.5, 0.6) is 5.75 Å². The third kappa shape index (κ3) is 3.28. The van der Waals surface area contributed by atoms with Crippen molar-refractivity contribution in [3.63, 3.8) is 0 Å². The fourth-order valence-corrected chi connectivity index (χ4v) is 2.64. The molecule has 0 N–H and O–H groups in total. The van der Waals surface area contributed by atoms with Gasteiger partial charge in [-0.2, -0.15) is 5.26 Å². The second kappa shape index (κ2) is 6.10. The van der Waals surface area contributed by atoms with E-state index in [2.05, 4.69) is 22.0 Å². The van der Waals surface area contributed by atoms with Crippen LogP contribution in [0, 0.1) is 18.3 Å². The molecule has 19 heavy (non-hydrogen) atoms. The van der Waals surface area contributed by atoms with Gasteiger partial charge in [-0.3, -0.25) is 0 Å². The molecule has 0 aromatic heterocycles. The predicted octanol–water partition coefficient (Wildman–Crippen LogP) is 4.86. The van der Waals surface area contributed by atoms with E-state index in [0.29, 0.717) is 27.4 Å². The first-order valence-corrected chi connectivity index (χ1v) is 6.85. The predicted molar refractivity (Wildman–Crippen MR) is 79.4 cm³/mol. The highest BCUT2D eigenvalue weighted by molar-refractivity contribution is 9.10. The highest BCUT2D eigenvalue weighted by Crippen LogP contribution is 2.33. The van der Waals surface area contributed by atoms with Crippen molar-refractivity contribution in [3.8, 4) is 11.8 Å². The molecular weight excluding hydrogens is 326 g/mol. The molecule has 0 heterocycles. The number of rotatable bonds is 3. The van der Waals surface area contributed by atoms with Gasteiger partial charge in [-0.15, -0.1) is 0 Å². The van der Waals surface area contributed by atoms with Crippen molar-refractivity contribution in [2.75, 3.05) is 0 Å². The summed E-state index contributed by atoms with van der Waals surface area (Å²) in [5.74, 6) is 0.523. The molecule has 96 valence electrons. The van der Waals surface area contributed by atoms with Crippen molar-refractivity contribution < 1.29 is 4.74 Å². The quantitative estimate of drug-likeness (QED) is 0.801. The normalized spacial score (nSPS) is 10.0. The number of nitriles is 1. The molecule has 2 rings (SSSR count). The third-order valence-electron chi connectivity index (χ3n) is 2.76. The van der Waals surface area contributed by atoms with Crippen LogP contribution in [0.2, 0.25) is 5.02 Å². The van der Waals surface area contributed by atoms with Crippen molar-refractivity contribution >= 4 is 27.5 Å². The van der Waals surface area contributed by atoms with E-state index in [1.54, 1.807) is 12.1 Å². The third-order valence-corrected chi connectivity index (χ3v) is 3.57. The Morgan fingerprint density at radius 3 is 2.74 bits per heavy atom. The molecule has 4 heteroatoms. The minimum Gasteiger partial charge on any atom is -0.486 e. The molecule has 0 aliphatic carbocycles. The molecule has 0 saturated heterocycles. The molecule has 2 aromatic rings. The Kier molecular flexibility index (Phi) is 4.47. The Morgan fingerprint density at radius 2 is 2.05 bits per heavy atom. The van der Waals surface area contributed by atoms with Gasteiger partial charge >= 0.3 is 0 Å². The maximum absolute atomic E-state index is 9.11. The van der Waals surface area contributed by atoms with E-state index in [1.807, 2.05) is 31.2 Å². The highest BCUT2D eigenvalue weighted by atomic mass is 79.9. The summed E-state index contributed by atoms with van der Waals surface area (Å²) in [5.41, 5.74) is 2.67. The monoisotopic (exact) mass is 335 g/mol. The topological polar surface area (TPSA) is 33.0 Å². The van der Waals surface area contributed by atoms with Crippen molar-refractivity contribution in [3.05, 3.63) is 62.6 Å². The van der Waals surface area contributed by atoms with Gasteiger partial charge in [-0.25, -0.2) is 0 Å². The number of ether oxygens (including phenoxy) is 1. The average molecular weight is 337 g/mol. The van der Waals surface area contributed by atoms with E-state index in [9.17, 15) is 0 Å². The lowest BCUT2D eigenvalue weighted by Crippen LogP contribution is -2.00. The Hall–Kier alpha value is -1.50. The Labute approximate surface area is 125 Å². The van der Waals surface area contributed by atoms with Crippen LogP contribution in [0.15, 0.2) is 40.9 Å². The molecule has 0 aliphatic rings. The summed E-state index contributed by atoms with van der Waals surface area (Å²) in [7, 11) is 0. The molecular formula is C15H11BrClNO. The zero-order chi connectivity index (χ0) is 13.8. The van der Waals surface area contributed by atoms with Gasteiger partial charge in [-0.05, 0) is 46.1 Å². The molecule has 0 radical (unpaired) electrons. The van der Waals surface area contributed by atoms with Crippen LogP contribution in [-0.2, 0) is 6.61 Å². The lowest BCUT2D eigenvalue weighted by molar-refractivity contribution is 0.302. The van der Waals surface area contributed by atoms with Gasteiger partial charge in [0, 0.05) is 5.02 Å². The zero-order valence-corrected chi connectivity index (χ0v) is 12.6. The summed E-state index contributed by atoms with van der Waals surface area (Å²) in [6.07, 6.45) is 0. The van der Waals surface area contributed by atoms with Crippen molar-refractivity contribution in [2.45, 2.75) is 13.5 Å². The maximum atomic E-state index is 9.11. The number of benzene rings is 2.